The quantitative estimate of drug-likeness (QED) is 0.557. The van der Waals surface area contributed by atoms with Crippen LogP contribution in [-0.2, 0) is 6.42 Å². The van der Waals surface area contributed by atoms with E-state index in [1.807, 2.05) is 24.3 Å². The first-order valence-corrected chi connectivity index (χ1v) is 7.03. The highest BCUT2D eigenvalue weighted by Gasteiger charge is 2.10. The molecule has 0 amide bonds. The van der Waals surface area contributed by atoms with Gasteiger partial charge in [0.05, 0.1) is 5.38 Å². The SMILES string of the molecule is Fc1cccc(CC(Cl)c2ccc3ccccc3c2)c1. The number of fused-ring (bicyclic) bond motifs is 1. The van der Waals surface area contributed by atoms with Gasteiger partial charge in [-0.05, 0) is 46.5 Å². The van der Waals surface area contributed by atoms with Crippen molar-refractivity contribution in [2.75, 3.05) is 0 Å². The van der Waals surface area contributed by atoms with Crippen LogP contribution in [0.25, 0.3) is 10.8 Å². The van der Waals surface area contributed by atoms with Crippen LogP contribution in [0.2, 0.25) is 0 Å². The van der Waals surface area contributed by atoms with Gasteiger partial charge in [0.25, 0.3) is 0 Å². The second-order valence-electron chi connectivity index (χ2n) is 4.91. The minimum atomic E-state index is -0.218. The summed E-state index contributed by atoms with van der Waals surface area (Å²) in [6.07, 6.45) is 0.623. The van der Waals surface area contributed by atoms with Crippen LogP contribution in [-0.4, -0.2) is 0 Å². The minimum absolute atomic E-state index is 0.151. The van der Waals surface area contributed by atoms with E-state index in [0.717, 1.165) is 11.1 Å². The number of alkyl halides is 1. The molecule has 0 N–H and O–H groups in total. The number of rotatable bonds is 3. The van der Waals surface area contributed by atoms with Gasteiger partial charge in [-0.2, -0.15) is 0 Å². The average Bonchev–Trinajstić information content (AvgIpc) is 2.47. The van der Waals surface area contributed by atoms with E-state index < -0.39 is 0 Å². The maximum Gasteiger partial charge on any atom is 0.123 e. The van der Waals surface area contributed by atoms with Crippen molar-refractivity contribution in [3.05, 3.63) is 83.7 Å². The Kier molecular flexibility index (Phi) is 3.70. The summed E-state index contributed by atoms with van der Waals surface area (Å²) in [5.41, 5.74) is 1.98. The van der Waals surface area contributed by atoms with E-state index in [2.05, 4.69) is 24.3 Å². The van der Waals surface area contributed by atoms with E-state index in [4.69, 9.17) is 11.6 Å². The number of halogens is 2. The molecule has 0 fully saturated rings. The molecule has 0 heterocycles. The second kappa shape index (κ2) is 5.64. The summed E-state index contributed by atoms with van der Waals surface area (Å²) in [5.74, 6) is -0.218. The van der Waals surface area contributed by atoms with Gasteiger partial charge in [0.1, 0.15) is 5.82 Å². The zero-order chi connectivity index (χ0) is 13.9. The first-order valence-electron chi connectivity index (χ1n) is 6.59. The van der Waals surface area contributed by atoms with Gasteiger partial charge >= 0.3 is 0 Å². The topological polar surface area (TPSA) is 0 Å². The van der Waals surface area contributed by atoms with E-state index >= 15 is 0 Å². The van der Waals surface area contributed by atoms with E-state index in [9.17, 15) is 4.39 Å². The van der Waals surface area contributed by atoms with Crippen LogP contribution in [0.5, 0.6) is 0 Å². The molecule has 0 radical (unpaired) electrons. The summed E-state index contributed by atoms with van der Waals surface area (Å²) in [7, 11) is 0. The minimum Gasteiger partial charge on any atom is -0.207 e. The first kappa shape index (κ1) is 13.1. The highest BCUT2D eigenvalue weighted by atomic mass is 35.5. The molecule has 1 atom stereocenters. The van der Waals surface area contributed by atoms with Gasteiger partial charge in [0.2, 0.25) is 0 Å². The lowest BCUT2D eigenvalue weighted by atomic mass is 10.0. The highest BCUT2D eigenvalue weighted by Crippen LogP contribution is 2.28. The van der Waals surface area contributed by atoms with Crippen molar-refractivity contribution in [3.63, 3.8) is 0 Å². The summed E-state index contributed by atoms with van der Waals surface area (Å²) in [6, 6.07) is 21.0. The van der Waals surface area contributed by atoms with Crippen LogP contribution < -0.4 is 0 Å². The summed E-state index contributed by atoms with van der Waals surface area (Å²) >= 11 is 6.47. The number of hydrogen-bond acceptors (Lipinski definition) is 0. The molecule has 0 spiro atoms. The van der Waals surface area contributed by atoms with Crippen molar-refractivity contribution in [1.82, 2.24) is 0 Å². The molecule has 3 aromatic rings. The van der Waals surface area contributed by atoms with Gasteiger partial charge in [-0.3, -0.25) is 0 Å². The maximum atomic E-state index is 13.2. The third-order valence-corrected chi connectivity index (χ3v) is 3.85. The van der Waals surface area contributed by atoms with Gasteiger partial charge in [-0.25, -0.2) is 4.39 Å². The Hall–Kier alpha value is -1.86. The summed E-state index contributed by atoms with van der Waals surface area (Å²) < 4.78 is 13.2. The van der Waals surface area contributed by atoms with Crippen LogP contribution in [0.1, 0.15) is 16.5 Å². The molecule has 0 saturated heterocycles. The van der Waals surface area contributed by atoms with Crippen LogP contribution in [0.3, 0.4) is 0 Å². The lowest BCUT2D eigenvalue weighted by molar-refractivity contribution is 0.625. The van der Waals surface area contributed by atoms with Crippen LogP contribution in [0.15, 0.2) is 66.7 Å². The molecule has 100 valence electrons. The predicted octanol–water partition coefficient (Wildman–Crippen LogP) is 5.50. The average molecular weight is 285 g/mol. The monoisotopic (exact) mass is 284 g/mol. The molecule has 2 heteroatoms. The largest absolute Gasteiger partial charge is 0.207 e. The third-order valence-electron chi connectivity index (χ3n) is 3.44. The predicted molar refractivity (Wildman–Crippen MR) is 82.6 cm³/mol. The smallest absolute Gasteiger partial charge is 0.123 e. The summed E-state index contributed by atoms with van der Waals surface area (Å²) in [4.78, 5) is 0. The fourth-order valence-corrected chi connectivity index (χ4v) is 2.71. The molecule has 0 bridgehead atoms. The fraction of sp³-hybridized carbons (Fsp3) is 0.111. The normalized spacial score (nSPS) is 12.5. The summed E-state index contributed by atoms with van der Waals surface area (Å²) in [6.45, 7) is 0. The van der Waals surface area contributed by atoms with Crippen molar-refractivity contribution in [2.24, 2.45) is 0 Å². The van der Waals surface area contributed by atoms with E-state index in [-0.39, 0.29) is 11.2 Å². The molecule has 0 aliphatic rings. The Morgan fingerprint density at radius 2 is 1.65 bits per heavy atom. The van der Waals surface area contributed by atoms with Crippen LogP contribution >= 0.6 is 11.6 Å². The van der Waals surface area contributed by atoms with Gasteiger partial charge < -0.3 is 0 Å². The van der Waals surface area contributed by atoms with Crippen molar-refractivity contribution < 1.29 is 4.39 Å². The van der Waals surface area contributed by atoms with E-state index in [0.29, 0.717) is 6.42 Å². The molecular formula is C18H14ClF. The summed E-state index contributed by atoms with van der Waals surface area (Å²) in [5, 5.41) is 2.22. The molecule has 20 heavy (non-hydrogen) atoms. The van der Waals surface area contributed by atoms with Crippen molar-refractivity contribution in [2.45, 2.75) is 11.8 Å². The van der Waals surface area contributed by atoms with Gasteiger partial charge in [0.15, 0.2) is 0 Å². The third kappa shape index (κ3) is 2.83. The molecule has 0 aromatic heterocycles. The molecule has 3 rings (SSSR count). The number of hydrogen-bond donors (Lipinski definition) is 0. The van der Waals surface area contributed by atoms with Crippen LogP contribution in [0, 0.1) is 5.82 Å². The molecule has 3 aromatic carbocycles. The molecule has 0 nitrogen and oxygen atoms in total. The van der Waals surface area contributed by atoms with Gasteiger partial charge in [0, 0.05) is 0 Å². The highest BCUT2D eigenvalue weighted by molar-refractivity contribution is 6.21. The lowest BCUT2D eigenvalue weighted by Crippen LogP contribution is -1.96. The Bertz CT molecular complexity index is 736. The van der Waals surface area contributed by atoms with Crippen molar-refractivity contribution in [3.8, 4) is 0 Å². The molecule has 1 unspecified atom stereocenters. The number of benzene rings is 3. The Morgan fingerprint density at radius 1 is 0.850 bits per heavy atom. The first-order chi connectivity index (χ1) is 9.72. The van der Waals surface area contributed by atoms with Crippen molar-refractivity contribution >= 4 is 22.4 Å². The standard InChI is InChI=1S/C18H14ClF/c19-18(11-13-4-3-7-17(20)10-13)16-9-8-14-5-1-2-6-15(14)12-16/h1-10,12,18H,11H2. The second-order valence-corrected chi connectivity index (χ2v) is 5.43. The van der Waals surface area contributed by atoms with E-state index in [1.54, 1.807) is 6.07 Å². The van der Waals surface area contributed by atoms with Gasteiger partial charge in [-0.1, -0.05) is 48.5 Å². The molecule has 0 aliphatic carbocycles. The molecular weight excluding hydrogens is 271 g/mol. The van der Waals surface area contributed by atoms with Crippen LogP contribution in [0.4, 0.5) is 4.39 Å². The maximum absolute atomic E-state index is 13.2. The zero-order valence-electron chi connectivity index (χ0n) is 10.9. The lowest BCUT2D eigenvalue weighted by Gasteiger charge is -2.11. The van der Waals surface area contributed by atoms with E-state index in [1.165, 1.54) is 22.9 Å². The Labute approximate surface area is 122 Å². The Morgan fingerprint density at radius 3 is 2.45 bits per heavy atom. The zero-order valence-corrected chi connectivity index (χ0v) is 11.6. The van der Waals surface area contributed by atoms with Crippen molar-refractivity contribution in [1.29, 1.82) is 0 Å². The fourth-order valence-electron chi connectivity index (χ4n) is 2.39. The molecule has 0 aliphatic heterocycles. The van der Waals surface area contributed by atoms with Gasteiger partial charge in [-0.15, -0.1) is 11.6 Å². The Balaban J connectivity index is 1.86. The molecule has 0 saturated carbocycles.